The van der Waals surface area contributed by atoms with Gasteiger partial charge in [0.2, 0.25) is 5.91 Å². The van der Waals surface area contributed by atoms with Crippen LogP contribution in [0.5, 0.6) is 11.5 Å². The lowest BCUT2D eigenvalue weighted by Gasteiger charge is -2.19. The van der Waals surface area contributed by atoms with Crippen LogP contribution in [-0.2, 0) is 16.0 Å². The van der Waals surface area contributed by atoms with Crippen molar-refractivity contribution in [2.24, 2.45) is 0 Å². The van der Waals surface area contributed by atoms with Gasteiger partial charge in [-0.1, -0.05) is 6.07 Å². The molecule has 0 aromatic heterocycles. The maximum atomic E-state index is 11.9. The first kappa shape index (κ1) is 17.1. The summed E-state index contributed by atoms with van der Waals surface area (Å²) < 4.78 is 10.4. The number of hydrogen-bond donors (Lipinski definition) is 3. The van der Waals surface area contributed by atoms with E-state index in [4.69, 9.17) is 9.47 Å². The van der Waals surface area contributed by atoms with Crippen LogP contribution in [0, 0.1) is 0 Å². The molecule has 1 fully saturated rings. The summed E-state index contributed by atoms with van der Waals surface area (Å²) in [7, 11) is 3.19. The van der Waals surface area contributed by atoms with Crippen molar-refractivity contribution in [3.63, 3.8) is 0 Å². The van der Waals surface area contributed by atoms with Crippen LogP contribution in [-0.4, -0.2) is 51.7 Å². The number of methoxy groups -OCH3 is 2. The van der Waals surface area contributed by atoms with Gasteiger partial charge in [0.05, 0.1) is 33.7 Å². The molecule has 1 saturated heterocycles. The molecule has 0 bridgehead atoms. The zero-order valence-electron chi connectivity index (χ0n) is 13.6. The minimum atomic E-state index is -0.315. The number of carbonyl (C=O) groups excluding carboxylic acids is 2. The predicted octanol–water partition coefficient (Wildman–Crippen LogP) is -1.19. The van der Waals surface area contributed by atoms with E-state index >= 15 is 0 Å². The van der Waals surface area contributed by atoms with Gasteiger partial charge in [0.15, 0.2) is 17.5 Å². The second kappa shape index (κ2) is 8.38. The molecule has 1 aliphatic heterocycles. The molecule has 2 rings (SSSR count). The van der Waals surface area contributed by atoms with Crippen LogP contribution in [0.1, 0.15) is 12.0 Å². The SMILES string of the molecule is COc1ccc(CCNC(=O)C[C@H]2[NH2+]CCNC2=O)cc1OC. The fourth-order valence-electron chi connectivity index (χ4n) is 2.55. The molecule has 1 aromatic carbocycles. The molecule has 0 saturated carbocycles. The molecule has 4 N–H and O–H groups in total. The lowest BCUT2D eigenvalue weighted by Crippen LogP contribution is -2.96. The number of carbonyl (C=O) groups is 2. The van der Waals surface area contributed by atoms with Crippen molar-refractivity contribution in [3.05, 3.63) is 23.8 Å². The molecule has 1 heterocycles. The number of nitrogens with two attached hydrogens (primary N) is 1. The zero-order chi connectivity index (χ0) is 16.7. The van der Waals surface area contributed by atoms with E-state index < -0.39 is 0 Å². The van der Waals surface area contributed by atoms with Gasteiger partial charge in [-0.25, -0.2) is 0 Å². The fourth-order valence-corrected chi connectivity index (χ4v) is 2.55. The van der Waals surface area contributed by atoms with Gasteiger partial charge in [0.25, 0.3) is 5.91 Å². The van der Waals surface area contributed by atoms with Gasteiger partial charge in [-0.2, -0.15) is 0 Å². The quantitative estimate of drug-likeness (QED) is 0.589. The molecular formula is C16H24N3O4+. The molecule has 1 aromatic rings. The highest BCUT2D eigenvalue weighted by molar-refractivity contribution is 5.87. The summed E-state index contributed by atoms with van der Waals surface area (Å²) in [6, 6.07) is 5.37. The standard InChI is InChI=1S/C16H23N3O4/c1-22-13-4-3-11(9-14(13)23-2)5-6-18-15(20)10-12-16(21)19-8-7-17-12/h3-4,9,12,17H,5-8,10H2,1-2H3,(H,18,20)(H,19,21)/p+1/t12-/m1/s1. The van der Waals surface area contributed by atoms with Crippen LogP contribution in [0.15, 0.2) is 18.2 Å². The second-order valence-corrected chi connectivity index (χ2v) is 5.42. The van der Waals surface area contributed by atoms with Gasteiger partial charge in [-0.05, 0) is 24.1 Å². The van der Waals surface area contributed by atoms with Crippen LogP contribution in [0.2, 0.25) is 0 Å². The minimum absolute atomic E-state index is 0.0636. The number of rotatable bonds is 7. The molecule has 7 nitrogen and oxygen atoms in total. The first-order chi connectivity index (χ1) is 11.1. The Bertz CT molecular complexity index is 562. The molecule has 0 spiro atoms. The number of nitrogens with one attached hydrogen (secondary N) is 2. The summed E-state index contributed by atoms with van der Waals surface area (Å²) >= 11 is 0. The summed E-state index contributed by atoms with van der Waals surface area (Å²) in [6.07, 6.45) is 0.893. The summed E-state index contributed by atoms with van der Waals surface area (Å²) in [5.74, 6) is 1.18. The Morgan fingerprint density at radius 3 is 2.83 bits per heavy atom. The van der Waals surface area contributed by atoms with Crippen molar-refractivity contribution >= 4 is 11.8 Å². The Morgan fingerprint density at radius 1 is 1.35 bits per heavy atom. The molecule has 0 radical (unpaired) electrons. The van der Waals surface area contributed by atoms with Gasteiger partial charge in [-0.15, -0.1) is 0 Å². The van der Waals surface area contributed by atoms with Crippen LogP contribution >= 0.6 is 0 Å². The fraction of sp³-hybridized carbons (Fsp3) is 0.500. The average molecular weight is 322 g/mol. The number of benzene rings is 1. The molecule has 126 valence electrons. The maximum Gasteiger partial charge on any atom is 0.278 e. The third kappa shape index (κ3) is 4.85. The second-order valence-electron chi connectivity index (χ2n) is 5.42. The van der Waals surface area contributed by atoms with E-state index in [-0.39, 0.29) is 24.3 Å². The normalized spacial score (nSPS) is 17.3. The summed E-state index contributed by atoms with van der Waals surface area (Å²) in [4.78, 5) is 23.5. The highest BCUT2D eigenvalue weighted by Crippen LogP contribution is 2.27. The number of hydrogen-bond acceptors (Lipinski definition) is 4. The van der Waals surface area contributed by atoms with Gasteiger partial charge in [0, 0.05) is 6.54 Å². The third-order valence-corrected chi connectivity index (χ3v) is 3.82. The van der Waals surface area contributed by atoms with Crippen LogP contribution < -0.4 is 25.4 Å². The molecule has 1 atom stereocenters. The number of amides is 2. The molecule has 23 heavy (non-hydrogen) atoms. The lowest BCUT2D eigenvalue weighted by atomic mass is 10.1. The number of quaternary nitrogens is 1. The molecule has 2 amide bonds. The minimum Gasteiger partial charge on any atom is -0.493 e. The molecule has 7 heteroatoms. The molecular weight excluding hydrogens is 298 g/mol. The average Bonchev–Trinajstić information content (AvgIpc) is 2.56. The van der Waals surface area contributed by atoms with Gasteiger partial charge >= 0.3 is 0 Å². The van der Waals surface area contributed by atoms with Gasteiger partial charge in [0.1, 0.15) is 0 Å². The van der Waals surface area contributed by atoms with Crippen molar-refractivity contribution in [2.75, 3.05) is 33.9 Å². The summed E-state index contributed by atoms with van der Waals surface area (Å²) in [5.41, 5.74) is 1.05. The van der Waals surface area contributed by atoms with Crippen molar-refractivity contribution in [3.8, 4) is 11.5 Å². The highest BCUT2D eigenvalue weighted by atomic mass is 16.5. The highest BCUT2D eigenvalue weighted by Gasteiger charge is 2.27. The monoisotopic (exact) mass is 322 g/mol. The topological polar surface area (TPSA) is 93.3 Å². The third-order valence-electron chi connectivity index (χ3n) is 3.82. The van der Waals surface area contributed by atoms with Gasteiger partial charge < -0.3 is 25.4 Å². The van der Waals surface area contributed by atoms with E-state index in [1.165, 1.54) is 0 Å². The Kier molecular flexibility index (Phi) is 6.22. The largest absolute Gasteiger partial charge is 0.493 e. The predicted molar refractivity (Wildman–Crippen MR) is 84.5 cm³/mol. The van der Waals surface area contributed by atoms with Crippen molar-refractivity contribution in [2.45, 2.75) is 18.9 Å². The molecule has 0 unspecified atom stereocenters. The van der Waals surface area contributed by atoms with E-state index in [2.05, 4.69) is 10.6 Å². The Hall–Kier alpha value is -2.28. The van der Waals surface area contributed by atoms with Crippen LogP contribution in [0.3, 0.4) is 0 Å². The van der Waals surface area contributed by atoms with Gasteiger partial charge in [-0.3, -0.25) is 9.59 Å². The van der Waals surface area contributed by atoms with E-state index in [9.17, 15) is 9.59 Å². The summed E-state index contributed by atoms with van der Waals surface area (Å²) in [5, 5.41) is 7.53. The van der Waals surface area contributed by atoms with E-state index in [0.717, 1.165) is 12.1 Å². The van der Waals surface area contributed by atoms with Crippen molar-refractivity contribution in [1.82, 2.24) is 10.6 Å². The van der Waals surface area contributed by atoms with E-state index in [0.29, 0.717) is 31.0 Å². The lowest BCUT2D eigenvalue weighted by molar-refractivity contribution is -0.678. The van der Waals surface area contributed by atoms with Crippen LogP contribution in [0.4, 0.5) is 0 Å². The van der Waals surface area contributed by atoms with E-state index in [1.54, 1.807) is 14.2 Å². The number of ether oxygens (including phenoxy) is 2. The molecule has 1 aliphatic rings. The first-order valence-electron chi connectivity index (χ1n) is 7.72. The van der Waals surface area contributed by atoms with Crippen LogP contribution in [0.25, 0.3) is 0 Å². The maximum absolute atomic E-state index is 11.9. The number of piperazine rings is 1. The summed E-state index contributed by atoms with van der Waals surface area (Å²) in [6.45, 7) is 1.99. The Labute approximate surface area is 135 Å². The Balaban J connectivity index is 1.78. The van der Waals surface area contributed by atoms with E-state index in [1.807, 2.05) is 23.5 Å². The van der Waals surface area contributed by atoms with Crippen molar-refractivity contribution < 1.29 is 24.4 Å². The smallest absolute Gasteiger partial charge is 0.278 e. The Morgan fingerprint density at radius 2 is 2.13 bits per heavy atom. The zero-order valence-corrected chi connectivity index (χ0v) is 13.6. The first-order valence-corrected chi connectivity index (χ1v) is 7.72. The van der Waals surface area contributed by atoms with Crippen molar-refractivity contribution in [1.29, 1.82) is 0 Å². The molecule has 0 aliphatic carbocycles.